The number of halogens is 1. The van der Waals surface area contributed by atoms with E-state index in [0.717, 1.165) is 6.07 Å². The summed E-state index contributed by atoms with van der Waals surface area (Å²) in [6, 6.07) is 8.58. The first-order chi connectivity index (χ1) is 12.5. The molecule has 0 atom stereocenters. The average Bonchev–Trinajstić information content (AvgIpc) is 2.87. The third-order valence-electron chi connectivity index (χ3n) is 3.93. The minimum absolute atomic E-state index is 0.0539. The summed E-state index contributed by atoms with van der Waals surface area (Å²) >= 11 is 0. The number of carbonyl (C=O) groups is 3. The SMILES string of the molecule is COc1ccc(OC)c(NC(=O)CN2C(=O)c3cccc(F)c3C2=O)c1. The van der Waals surface area contributed by atoms with E-state index in [0.29, 0.717) is 22.1 Å². The zero-order chi connectivity index (χ0) is 18.8. The maximum absolute atomic E-state index is 13.8. The predicted molar refractivity (Wildman–Crippen MR) is 89.9 cm³/mol. The summed E-state index contributed by atoms with van der Waals surface area (Å²) in [6.07, 6.45) is 0. The van der Waals surface area contributed by atoms with Crippen molar-refractivity contribution in [2.24, 2.45) is 0 Å². The van der Waals surface area contributed by atoms with Crippen LogP contribution in [0.4, 0.5) is 10.1 Å². The number of rotatable bonds is 5. The van der Waals surface area contributed by atoms with Crippen LogP contribution in [-0.2, 0) is 4.79 Å². The molecule has 134 valence electrons. The van der Waals surface area contributed by atoms with Gasteiger partial charge in [0, 0.05) is 6.07 Å². The number of imide groups is 1. The second-order valence-corrected chi connectivity index (χ2v) is 5.47. The molecule has 0 fully saturated rings. The van der Waals surface area contributed by atoms with Crippen LogP contribution in [0.3, 0.4) is 0 Å². The van der Waals surface area contributed by atoms with E-state index >= 15 is 0 Å². The summed E-state index contributed by atoms with van der Waals surface area (Å²) < 4.78 is 24.1. The third-order valence-corrected chi connectivity index (χ3v) is 3.93. The van der Waals surface area contributed by atoms with E-state index in [9.17, 15) is 18.8 Å². The van der Waals surface area contributed by atoms with E-state index in [1.165, 1.54) is 26.4 Å². The lowest BCUT2D eigenvalue weighted by molar-refractivity contribution is -0.116. The molecule has 0 radical (unpaired) electrons. The van der Waals surface area contributed by atoms with Gasteiger partial charge in [-0.2, -0.15) is 0 Å². The number of hydrogen-bond acceptors (Lipinski definition) is 5. The summed E-state index contributed by atoms with van der Waals surface area (Å²) in [6.45, 7) is -0.549. The van der Waals surface area contributed by atoms with Crippen molar-refractivity contribution in [1.29, 1.82) is 0 Å². The monoisotopic (exact) mass is 358 g/mol. The van der Waals surface area contributed by atoms with Crippen molar-refractivity contribution in [3.8, 4) is 11.5 Å². The highest BCUT2D eigenvalue weighted by molar-refractivity contribution is 6.22. The van der Waals surface area contributed by atoms with Crippen molar-refractivity contribution in [1.82, 2.24) is 4.90 Å². The van der Waals surface area contributed by atoms with Gasteiger partial charge in [0.1, 0.15) is 23.9 Å². The molecule has 0 saturated carbocycles. The fraction of sp³-hybridized carbons (Fsp3) is 0.167. The fourth-order valence-electron chi connectivity index (χ4n) is 2.68. The number of hydrogen-bond donors (Lipinski definition) is 1. The Balaban J connectivity index is 1.79. The normalized spacial score (nSPS) is 12.8. The van der Waals surface area contributed by atoms with Gasteiger partial charge in [-0.05, 0) is 24.3 Å². The van der Waals surface area contributed by atoms with Crippen LogP contribution in [0.15, 0.2) is 36.4 Å². The van der Waals surface area contributed by atoms with E-state index < -0.39 is 30.1 Å². The van der Waals surface area contributed by atoms with E-state index in [1.807, 2.05) is 0 Å². The first kappa shape index (κ1) is 17.4. The van der Waals surface area contributed by atoms with Crippen molar-refractivity contribution >= 4 is 23.4 Å². The molecule has 1 heterocycles. The number of carbonyl (C=O) groups excluding carboxylic acids is 3. The van der Waals surface area contributed by atoms with Crippen molar-refractivity contribution in [2.45, 2.75) is 0 Å². The Labute approximate surface area is 148 Å². The number of benzene rings is 2. The second-order valence-electron chi connectivity index (χ2n) is 5.47. The standard InChI is InChI=1S/C18H15FN2O5/c1-25-10-6-7-14(26-2)13(8-10)20-15(22)9-21-17(23)11-4-3-5-12(19)16(11)18(21)24/h3-8H,9H2,1-2H3,(H,20,22). The number of methoxy groups -OCH3 is 2. The smallest absolute Gasteiger partial charge is 0.265 e. The van der Waals surface area contributed by atoms with E-state index in [4.69, 9.17) is 9.47 Å². The first-order valence-corrected chi connectivity index (χ1v) is 7.63. The van der Waals surface area contributed by atoms with Gasteiger partial charge in [0.2, 0.25) is 5.91 Å². The van der Waals surface area contributed by atoms with Crippen molar-refractivity contribution in [3.05, 3.63) is 53.3 Å². The number of nitrogens with one attached hydrogen (secondary N) is 1. The predicted octanol–water partition coefficient (Wildman–Crippen LogP) is 2.08. The molecule has 0 bridgehead atoms. The molecule has 2 aromatic carbocycles. The van der Waals surface area contributed by atoms with Gasteiger partial charge in [0.25, 0.3) is 11.8 Å². The third kappa shape index (κ3) is 2.97. The van der Waals surface area contributed by atoms with Gasteiger partial charge in [0.15, 0.2) is 0 Å². The molecule has 3 rings (SSSR count). The van der Waals surface area contributed by atoms with Crippen LogP contribution in [0, 0.1) is 5.82 Å². The molecular formula is C18H15FN2O5. The average molecular weight is 358 g/mol. The van der Waals surface area contributed by atoms with Gasteiger partial charge in [-0.25, -0.2) is 4.39 Å². The topological polar surface area (TPSA) is 84.9 Å². The Kier molecular flexibility index (Phi) is 4.57. The molecule has 8 heteroatoms. The highest BCUT2D eigenvalue weighted by Gasteiger charge is 2.38. The summed E-state index contributed by atoms with van der Waals surface area (Å²) in [7, 11) is 2.91. The zero-order valence-corrected chi connectivity index (χ0v) is 14.0. The highest BCUT2D eigenvalue weighted by Crippen LogP contribution is 2.29. The molecule has 1 N–H and O–H groups in total. The summed E-state index contributed by atoms with van der Waals surface area (Å²) in [5, 5.41) is 2.56. The number of anilines is 1. The van der Waals surface area contributed by atoms with Crippen LogP contribution in [0.25, 0.3) is 0 Å². The Morgan fingerprint density at radius 1 is 1.12 bits per heavy atom. The molecular weight excluding hydrogens is 343 g/mol. The minimum atomic E-state index is -0.837. The Hall–Kier alpha value is -3.42. The molecule has 0 unspecified atom stereocenters. The van der Waals surface area contributed by atoms with Gasteiger partial charge in [-0.3, -0.25) is 19.3 Å². The van der Waals surface area contributed by atoms with Crippen LogP contribution in [0.2, 0.25) is 0 Å². The van der Waals surface area contributed by atoms with Gasteiger partial charge < -0.3 is 14.8 Å². The lowest BCUT2D eigenvalue weighted by Crippen LogP contribution is -2.37. The van der Waals surface area contributed by atoms with Gasteiger partial charge in [-0.1, -0.05) is 6.07 Å². The quantitative estimate of drug-likeness (QED) is 0.827. The maximum Gasteiger partial charge on any atom is 0.265 e. The van der Waals surface area contributed by atoms with E-state index in [2.05, 4.69) is 5.32 Å². The summed E-state index contributed by atoms with van der Waals surface area (Å²) in [5.41, 5.74) is -0.0503. The van der Waals surface area contributed by atoms with Crippen LogP contribution in [0.1, 0.15) is 20.7 Å². The number of fused-ring (bicyclic) bond motifs is 1. The van der Waals surface area contributed by atoms with Gasteiger partial charge in [0.05, 0.1) is 31.0 Å². The zero-order valence-electron chi connectivity index (χ0n) is 14.0. The fourth-order valence-corrected chi connectivity index (χ4v) is 2.68. The minimum Gasteiger partial charge on any atom is -0.497 e. The van der Waals surface area contributed by atoms with Crippen LogP contribution >= 0.6 is 0 Å². The van der Waals surface area contributed by atoms with Gasteiger partial charge >= 0.3 is 0 Å². The maximum atomic E-state index is 13.8. The number of amides is 3. The molecule has 2 aromatic rings. The summed E-state index contributed by atoms with van der Waals surface area (Å²) in [5.74, 6) is -2.10. The number of nitrogens with zero attached hydrogens (tertiary/aromatic N) is 1. The summed E-state index contributed by atoms with van der Waals surface area (Å²) in [4.78, 5) is 37.6. The molecule has 7 nitrogen and oxygen atoms in total. The highest BCUT2D eigenvalue weighted by atomic mass is 19.1. The molecule has 0 aliphatic carbocycles. The second kappa shape index (κ2) is 6.83. The molecule has 0 saturated heterocycles. The van der Waals surface area contributed by atoms with E-state index in [1.54, 1.807) is 18.2 Å². The molecule has 0 spiro atoms. The van der Waals surface area contributed by atoms with Crippen LogP contribution in [-0.4, -0.2) is 43.4 Å². The Morgan fingerprint density at radius 2 is 1.88 bits per heavy atom. The van der Waals surface area contributed by atoms with Crippen LogP contribution < -0.4 is 14.8 Å². The largest absolute Gasteiger partial charge is 0.497 e. The molecule has 0 aromatic heterocycles. The first-order valence-electron chi connectivity index (χ1n) is 7.63. The molecule has 1 aliphatic heterocycles. The Bertz CT molecular complexity index is 912. The number of ether oxygens (including phenoxy) is 2. The van der Waals surface area contributed by atoms with Crippen molar-refractivity contribution in [3.63, 3.8) is 0 Å². The molecule has 1 aliphatic rings. The molecule has 3 amide bonds. The lowest BCUT2D eigenvalue weighted by Gasteiger charge is -2.15. The van der Waals surface area contributed by atoms with Crippen molar-refractivity contribution in [2.75, 3.05) is 26.1 Å². The Morgan fingerprint density at radius 3 is 2.54 bits per heavy atom. The van der Waals surface area contributed by atoms with E-state index in [-0.39, 0.29) is 11.1 Å². The van der Waals surface area contributed by atoms with Crippen LogP contribution in [0.5, 0.6) is 11.5 Å². The van der Waals surface area contributed by atoms with Crippen molar-refractivity contribution < 1.29 is 28.2 Å². The van der Waals surface area contributed by atoms with Gasteiger partial charge in [-0.15, -0.1) is 0 Å². The molecule has 26 heavy (non-hydrogen) atoms. The lowest BCUT2D eigenvalue weighted by atomic mass is 10.1.